The maximum atomic E-state index is 14.2. The molecule has 0 saturated heterocycles. The van der Waals surface area contributed by atoms with Gasteiger partial charge in [-0.1, -0.05) is 17.3 Å². The van der Waals surface area contributed by atoms with Crippen molar-refractivity contribution in [3.63, 3.8) is 0 Å². The van der Waals surface area contributed by atoms with Gasteiger partial charge in [0.2, 0.25) is 0 Å². The van der Waals surface area contributed by atoms with Crippen molar-refractivity contribution in [1.82, 2.24) is 19.7 Å². The van der Waals surface area contributed by atoms with Crippen LogP contribution >= 0.6 is 0 Å². The van der Waals surface area contributed by atoms with Crippen LogP contribution in [-0.2, 0) is 6.18 Å². The van der Waals surface area contributed by atoms with E-state index < -0.39 is 23.3 Å². The molecular weight excluding hydrogens is 485 g/mol. The predicted molar refractivity (Wildman–Crippen MR) is 130 cm³/mol. The number of fused-ring (bicyclic) bond motifs is 1. The minimum Gasteiger partial charge on any atom is -0.478 e. The highest BCUT2D eigenvalue weighted by Gasteiger charge is 2.35. The van der Waals surface area contributed by atoms with Crippen molar-refractivity contribution in [2.45, 2.75) is 33.0 Å². The van der Waals surface area contributed by atoms with Crippen molar-refractivity contribution in [1.29, 1.82) is 0 Å². The van der Waals surface area contributed by atoms with E-state index in [1.165, 1.54) is 12.1 Å². The minimum atomic E-state index is -4.78. The Bertz CT molecular complexity index is 1620. The quantitative estimate of drug-likeness (QED) is 0.285. The molecule has 10 heteroatoms. The van der Waals surface area contributed by atoms with Crippen LogP contribution in [0.25, 0.3) is 33.3 Å². The number of halogens is 3. The van der Waals surface area contributed by atoms with E-state index in [0.29, 0.717) is 45.4 Å². The van der Waals surface area contributed by atoms with Gasteiger partial charge in [0.1, 0.15) is 11.4 Å². The van der Waals surface area contributed by atoms with Crippen LogP contribution in [-0.4, -0.2) is 30.8 Å². The van der Waals surface area contributed by atoms with Crippen molar-refractivity contribution < 1.29 is 27.6 Å². The lowest BCUT2D eigenvalue weighted by Gasteiger charge is -2.14. The Kier molecular flexibility index (Phi) is 5.82. The first-order valence-electron chi connectivity index (χ1n) is 11.4. The Balaban J connectivity index is 1.81. The number of nitrogens with zero attached hydrogens (tertiary/aromatic N) is 4. The normalized spacial score (nSPS) is 12.7. The molecule has 4 heterocycles. The molecule has 0 spiro atoms. The molecular formula is C27H21F3N4O3. The lowest BCUT2D eigenvalue weighted by molar-refractivity contribution is -0.137. The zero-order valence-electron chi connectivity index (χ0n) is 20.0. The van der Waals surface area contributed by atoms with Gasteiger partial charge in [-0.15, -0.1) is 0 Å². The molecule has 1 atom stereocenters. The van der Waals surface area contributed by atoms with E-state index in [0.717, 1.165) is 0 Å². The van der Waals surface area contributed by atoms with Gasteiger partial charge in [-0.2, -0.15) is 13.2 Å². The molecule has 5 aromatic rings. The summed E-state index contributed by atoms with van der Waals surface area (Å²) in [6.45, 7) is 5.41. The number of benzene rings is 1. The highest BCUT2D eigenvalue weighted by molar-refractivity contribution is 5.98. The largest absolute Gasteiger partial charge is 0.478 e. The second-order valence-electron chi connectivity index (χ2n) is 8.74. The highest BCUT2D eigenvalue weighted by Crippen LogP contribution is 2.42. The van der Waals surface area contributed by atoms with Crippen LogP contribution in [0.1, 0.15) is 46.0 Å². The van der Waals surface area contributed by atoms with Gasteiger partial charge in [-0.3, -0.25) is 4.98 Å². The molecule has 0 fully saturated rings. The maximum absolute atomic E-state index is 14.2. The van der Waals surface area contributed by atoms with Crippen LogP contribution in [0.3, 0.4) is 0 Å². The molecule has 0 aliphatic carbocycles. The van der Waals surface area contributed by atoms with Gasteiger partial charge in [0.25, 0.3) is 0 Å². The average Bonchev–Trinajstić information content (AvgIpc) is 3.42. The van der Waals surface area contributed by atoms with E-state index in [4.69, 9.17) is 4.52 Å². The third-order valence-electron chi connectivity index (χ3n) is 6.39. The highest BCUT2D eigenvalue weighted by atomic mass is 19.4. The molecule has 4 aromatic heterocycles. The molecule has 0 amide bonds. The van der Waals surface area contributed by atoms with E-state index in [-0.39, 0.29) is 17.2 Å². The number of aromatic carboxylic acids is 1. The zero-order valence-corrected chi connectivity index (χ0v) is 20.0. The topological polar surface area (TPSA) is 94.0 Å². The summed E-state index contributed by atoms with van der Waals surface area (Å²) in [5.74, 6) is -0.881. The molecule has 37 heavy (non-hydrogen) atoms. The fourth-order valence-corrected chi connectivity index (χ4v) is 4.59. The number of alkyl halides is 3. The number of carbonyl (C=O) groups is 1. The van der Waals surface area contributed by atoms with Crippen LogP contribution in [0, 0.1) is 13.8 Å². The van der Waals surface area contributed by atoms with E-state index in [1.54, 1.807) is 49.1 Å². The van der Waals surface area contributed by atoms with Crippen LogP contribution in [0.15, 0.2) is 65.6 Å². The van der Waals surface area contributed by atoms with E-state index in [2.05, 4.69) is 15.1 Å². The number of aromatic nitrogens is 4. The van der Waals surface area contributed by atoms with E-state index >= 15 is 0 Å². The van der Waals surface area contributed by atoms with Crippen molar-refractivity contribution in [3.8, 4) is 22.3 Å². The number of rotatable bonds is 5. The fraction of sp³-hybridized carbons (Fsp3) is 0.185. The van der Waals surface area contributed by atoms with Crippen LogP contribution in [0.5, 0.6) is 0 Å². The number of carboxylic acid groups (broad SMARTS) is 1. The molecule has 1 N–H and O–H groups in total. The molecule has 0 saturated carbocycles. The number of hydrogen-bond acceptors (Lipinski definition) is 5. The summed E-state index contributed by atoms with van der Waals surface area (Å²) in [7, 11) is 0. The van der Waals surface area contributed by atoms with E-state index in [1.807, 2.05) is 19.1 Å². The predicted octanol–water partition coefficient (Wildman–Crippen LogP) is 6.70. The number of aryl methyl sites for hydroxylation is 2. The third kappa shape index (κ3) is 4.24. The van der Waals surface area contributed by atoms with Gasteiger partial charge in [0.05, 0.1) is 28.6 Å². The van der Waals surface area contributed by atoms with Crippen LogP contribution in [0.4, 0.5) is 13.2 Å². The Morgan fingerprint density at radius 3 is 2.49 bits per heavy atom. The molecule has 0 aliphatic heterocycles. The lowest BCUT2D eigenvalue weighted by Crippen LogP contribution is -2.10. The number of pyridine rings is 2. The van der Waals surface area contributed by atoms with Gasteiger partial charge in [-0.05, 0) is 56.7 Å². The third-order valence-corrected chi connectivity index (χ3v) is 6.39. The van der Waals surface area contributed by atoms with Gasteiger partial charge in [0, 0.05) is 40.7 Å². The standard InChI is InChI=1S/C27H21F3N4O3/c1-14-24(16(3)37-33-14)18-10-20-21(19-8-7-17(26(35)36)11-22(19)27(28,29)30)13-34(25(20)32-12-18)15(2)23-6-4-5-9-31-23/h4-13,15H,1-3H3,(H,35,36)/t15-/m0/s1. The van der Waals surface area contributed by atoms with Crippen molar-refractivity contribution in [2.75, 3.05) is 0 Å². The Morgan fingerprint density at radius 2 is 1.86 bits per heavy atom. The van der Waals surface area contributed by atoms with Gasteiger partial charge < -0.3 is 14.2 Å². The Morgan fingerprint density at radius 1 is 1.08 bits per heavy atom. The molecule has 0 aliphatic rings. The monoisotopic (exact) mass is 506 g/mol. The summed E-state index contributed by atoms with van der Waals surface area (Å²) >= 11 is 0. The first-order valence-corrected chi connectivity index (χ1v) is 11.4. The molecule has 0 unspecified atom stereocenters. The van der Waals surface area contributed by atoms with Gasteiger partial charge >= 0.3 is 12.1 Å². The molecule has 7 nitrogen and oxygen atoms in total. The second kappa shape index (κ2) is 8.88. The van der Waals surface area contributed by atoms with Gasteiger partial charge in [-0.25, -0.2) is 9.78 Å². The lowest BCUT2D eigenvalue weighted by atomic mass is 9.96. The van der Waals surface area contributed by atoms with Crippen molar-refractivity contribution >= 4 is 17.0 Å². The molecule has 188 valence electrons. The number of carboxylic acids is 1. The van der Waals surface area contributed by atoms with Crippen LogP contribution < -0.4 is 0 Å². The maximum Gasteiger partial charge on any atom is 0.417 e. The first kappa shape index (κ1) is 24.2. The summed E-state index contributed by atoms with van der Waals surface area (Å²) in [5, 5.41) is 13.7. The fourth-order valence-electron chi connectivity index (χ4n) is 4.59. The minimum absolute atomic E-state index is 0.146. The number of hydrogen-bond donors (Lipinski definition) is 1. The summed E-state index contributed by atoms with van der Waals surface area (Å²) in [6, 6.07) is 9.89. The molecule has 1 aromatic carbocycles. The average molecular weight is 506 g/mol. The smallest absolute Gasteiger partial charge is 0.417 e. The molecule has 0 bridgehead atoms. The molecule has 5 rings (SSSR count). The SMILES string of the molecule is Cc1noc(C)c1-c1cnc2c(c1)c(-c1ccc(C(=O)O)cc1C(F)(F)F)cn2[C@@H](C)c1ccccn1. The Labute approximate surface area is 209 Å². The van der Waals surface area contributed by atoms with Gasteiger partial charge in [0.15, 0.2) is 0 Å². The Hall–Kier alpha value is -4.47. The summed E-state index contributed by atoms with van der Waals surface area (Å²) in [6.07, 6.45) is 0.111. The van der Waals surface area contributed by atoms with E-state index in [9.17, 15) is 23.1 Å². The molecule has 0 radical (unpaired) electrons. The van der Waals surface area contributed by atoms with Crippen molar-refractivity contribution in [3.05, 3.63) is 89.3 Å². The first-order chi connectivity index (χ1) is 17.6. The zero-order chi connectivity index (χ0) is 26.5. The van der Waals surface area contributed by atoms with Crippen LogP contribution in [0.2, 0.25) is 0 Å². The summed E-state index contributed by atoms with van der Waals surface area (Å²) in [4.78, 5) is 20.5. The summed E-state index contributed by atoms with van der Waals surface area (Å²) in [5.41, 5.74) is 1.78. The van der Waals surface area contributed by atoms with Crippen molar-refractivity contribution in [2.24, 2.45) is 0 Å². The summed E-state index contributed by atoms with van der Waals surface area (Å²) < 4.78 is 49.6. The second-order valence-corrected chi connectivity index (χ2v) is 8.74.